The van der Waals surface area contributed by atoms with Gasteiger partial charge in [-0.1, -0.05) is 0 Å². The van der Waals surface area contributed by atoms with Gasteiger partial charge in [0, 0.05) is 31.9 Å². The standard InChI is InChI=1S/C15H19FN4O2/c16-11-3-5-12(6-4-11)18-15(22)19-8-1-2-13(10-19)20-9-7-17-14(20)21/h3-6,13H,1-2,7-10H2,(H,17,21)(H,18,22)/t13-/m1/s1. The van der Waals surface area contributed by atoms with Gasteiger partial charge >= 0.3 is 12.1 Å². The predicted octanol–water partition coefficient (Wildman–Crippen LogP) is 1.85. The highest BCUT2D eigenvalue weighted by atomic mass is 19.1. The quantitative estimate of drug-likeness (QED) is 0.876. The van der Waals surface area contributed by atoms with Gasteiger partial charge in [0.15, 0.2) is 0 Å². The lowest BCUT2D eigenvalue weighted by molar-refractivity contribution is 0.139. The fourth-order valence-corrected chi connectivity index (χ4v) is 2.96. The Morgan fingerprint density at radius 1 is 1.27 bits per heavy atom. The summed E-state index contributed by atoms with van der Waals surface area (Å²) in [7, 11) is 0. The first kappa shape index (κ1) is 14.6. The van der Waals surface area contributed by atoms with Crippen LogP contribution in [0.4, 0.5) is 19.7 Å². The minimum absolute atomic E-state index is 0.0502. The second kappa shape index (κ2) is 6.21. The lowest BCUT2D eigenvalue weighted by Crippen LogP contribution is -2.51. The molecule has 0 bridgehead atoms. The van der Waals surface area contributed by atoms with E-state index in [9.17, 15) is 14.0 Å². The van der Waals surface area contributed by atoms with Gasteiger partial charge in [-0.3, -0.25) is 0 Å². The van der Waals surface area contributed by atoms with Crippen molar-refractivity contribution in [3.63, 3.8) is 0 Å². The van der Waals surface area contributed by atoms with Crippen LogP contribution in [0.1, 0.15) is 12.8 Å². The summed E-state index contributed by atoms with van der Waals surface area (Å²) in [5.74, 6) is -0.337. The van der Waals surface area contributed by atoms with Crippen molar-refractivity contribution in [2.45, 2.75) is 18.9 Å². The molecular formula is C15H19FN4O2. The summed E-state index contributed by atoms with van der Waals surface area (Å²) in [5.41, 5.74) is 0.562. The zero-order chi connectivity index (χ0) is 15.5. The number of carbonyl (C=O) groups is 2. The van der Waals surface area contributed by atoms with E-state index in [4.69, 9.17) is 0 Å². The normalized spacial score (nSPS) is 21.7. The molecule has 2 aliphatic rings. The number of piperidine rings is 1. The molecule has 0 aliphatic carbocycles. The third-order valence-corrected chi connectivity index (χ3v) is 4.11. The Balaban J connectivity index is 1.60. The lowest BCUT2D eigenvalue weighted by Gasteiger charge is -2.36. The van der Waals surface area contributed by atoms with Gasteiger partial charge in [-0.05, 0) is 37.1 Å². The van der Waals surface area contributed by atoms with Crippen molar-refractivity contribution in [1.82, 2.24) is 15.1 Å². The topological polar surface area (TPSA) is 64.7 Å². The summed E-state index contributed by atoms with van der Waals surface area (Å²) in [5, 5.41) is 5.55. The third kappa shape index (κ3) is 3.13. The van der Waals surface area contributed by atoms with Gasteiger partial charge in [0.05, 0.1) is 6.04 Å². The van der Waals surface area contributed by atoms with Crippen LogP contribution in [-0.4, -0.2) is 54.1 Å². The molecule has 2 fully saturated rings. The number of likely N-dealkylation sites (tertiary alicyclic amines) is 1. The molecule has 2 aliphatic heterocycles. The number of halogens is 1. The highest BCUT2D eigenvalue weighted by Crippen LogP contribution is 2.19. The molecular weight excluding hydrogens is 287 g/mol. The number of hydrogen-bond acceptors (Lipinski definition) is 2. The molecule has 1 aromatic rings. The maximum Gasteiger partial charge on any atom is 0.321 e. The molecule has 2 saturated heterocycles. The first-order valence-electron chi connectivity index (χ1n) is 7.49. The smallest absolute Gasteiger partial charge is 0.321 e. The Morgan fingerprint density at radius 3 is 2.73 bits per heavy atom. The minimum Gasteiger partial charge on any atom is -0.336 e. The van der Waals surface area contributed by atoms with Crippen LogP contribution in [-0.2, 0) is 0 Å². The summed E-state index contributed by atoms with van der Waals surface area (Å²) in [4.78, 5) is 27.5. The average Bonchev–Trinajstić information content (AvgIpc) is 2.96. The van der Waals surface area contributed by atoms with Crippen molar-refractivity contribution in [3.8, 4) is 0 Å². The number of amides is 4. The van der Waals surface area contributed by atoms with E-state index >= 15 is 0 Å². The predicted molar refractivity (Wildman–Crippen MR) is 80.1 cm³/mol. The monoisotopic (exact) mass is 306 g/mol. The first-order chi connectivity index (χ1) is 10.6. The van der Waals surface area contributed by atoms with E-state index in [-0.39, 0.29) is 23.9 Å². The molecule has 1 aromatic carbocycles. The van der Waals surface area contributed by atoms with Crippen molar-refractivity contribution in [2.75, 3.05) is 31.5 Å². The highest BCUT2D eigenvalue weighted by molar-refractivity contribution is 5.89. The van der Waals surface area contributed by atoms with Crippen molar-refractivity contribution in [1.29, 1.82) is 0 Å². The molecule has 118 valence electrons. The molecule has 22 heavy (non-hydrogen) atoms. The van der Waals surface area contributed by atoms with Crippen LogP contribution in [0.5, 0.6) is 0 Å². The molecule has 0 aromatic heterocycles. The summed E-state index contributed by atoms with van der Waals surface area (Å²) in [6, 6.07) is 5.48. The number of nitrogens with zero attached hydrogens (tertiary/aromatic N) is 2. The van der Waals surface area contributed by atoms with E-state index in [1.54, 1.807) is 9.80 Å². The van der Waals surface area contributed by atoms with Crippen LogP contribution in [0.25, 0.3) is 0 Å². The summed E-state index contributed by atoms with van der Waals surface area (Å²) < 4.78 is 12.9. The van der Waals surface area contributed by atoms with Crippen LogP contribution in [0.2, 0.25) is 0 Å². The van der Waals surface area contributed by atoms with E-state index in [1.807, 2.05) is 0 Å². The second-order valence-corrected chi connectivity index (χ2v) is 5.60. The lowest BCUT2D eigenvalue weighted by atomic mass is 10.0. The Kier molecular flexibility index (Phi) is 4.13. The van der Waals surface area contributed by atoms with Gasteiger partial charge in [-0.25, -0.2) is 14.0 Å². The van der Waals surface area contributed by atoms with Gasteiger partial charge in [0.2, 0.25) is 0 Å². The van der Waals surface area contributed by atoms with Crippen LogP contribution in [0, 0.1) is 5.82 Å². The number of hydrogen-bond donors (Lipinski definition) is 2. The Hall–Kier alpha value is -2.31. The first-order valence-corrected chi connectivity index (χ1v) is 7.49. The van der Waals surface area contributed by atoms with E-state index in [0.29, 0.717) is 31.9 Å². The maximum absolute atomic E-state index is 12.9. The van der Waals surface area contributed by atoms with E-state index in [2.05, 4.69) is 10.6 Å². The molecule has 7 heteroatoms. The zero-order valence-corrected chi connectivity index (χ0v) is 12.2. The van der Waals surface area contributed by atoms with Crippen molar-refractivity contribution < 1.29 is 14.0 Å². The number of urea groups is 2. The molecule has 0 spiro atoms. The Bertz CT molecular complexity index is 563. The molecule has 0 radical (unpaired) electrons. The van der Waals surface area contributed by atoms with Crippen molar-refractivity contribution >= 4 is 17.7 Å². The van der Waals surface area contributed by atoms with Crippen molar-refractivity contribution in [3.05, 3.63) is 30.1 Å². The summed E-state index contributed by atoms with van der Waals surface area (Å²) >= 11 is 0. The average molecular weight is 306 g/mol. The van der Waals surface area contributed by atoms with Gasteiger partial charge < -0.3 is 20.4 Å². The molecule has 1 atom stereocenters. The van der Waals surface area contributed by atoms with Gasteiger partial charge in [0.1, 0.15) is 5.82 Å². The van der Waals surface area contributed by atoms with Gasteiger partial charge in [-0.15, -0.1) is 0 Å². The zero-order valence-electron chi connectivity index (χ0n) is 12.2. The molecule has 0 unspecified atom stereocenters. The summed E-state index contributed by atoms with van der Waals surface area (Å²) in [6.07, 6.45) is 1.78. The Labute approximate surface area is 128 Å². The largest absolute Gasteiger partial charge is 0.336 e. The van der Waals surface area contributed by atoms with Crippen molar-refractivity contribution in [2.24, 2.45) is 0 Å². The van der Waals surface area contributed by atoms with E-state index < -0.39 is 0 Å². The number of anilines is 1. The fraction of sp³-hybridized carbons (Fsp3) is 0.467. The molecule has 4 amide bonds. The van der Waals surface area contributed by atoms with Gasteiger partial charge in [-0.2, -0.15) is 0 Å². The fourth-order valence-electron chi connectivity index (χ4n) is 2.96. The van der Waals surface area contributed by atoms with Crippen LogP contribution in [0.15, 0.2) is 24.3 Å². The Morgan fingerprint density at radius 2 is 2.05 bits per heavy atom. The number of rotatable bonds is 2. The maximum atomic E-state index is 12.9. The second-order valence-electron chi connectivity index (χ2n) is 5.60. The van der Waals surface area contributed by atoms with E-state index in [1.165, 1.54) is 24.3 Å². The van der Waals surface area contributed by atoms with E-state index in [0.717, 1.165) is 12.8 Å². The molecule has 2 N–H and O–H groups in total. The SMILES string of the molecule is O=C(Nc1ccc(F)cc1)N1CCC[C@@H](N2CCNC2=O)C1. The molecule has 2 heterocycles. The third-order valence-electron chi connectivity index (χ3n) is 4.11. The number of carbonyl (C=O) groups excluding carboxylic acids is 2. The highest BCUT2D eigenvalue weighted by Gasteiger charge is 2.32. The minimum atomic E-state index is -0.337. The van der Waals surface area contributed by atoms with Crippen LogP contribution in [0.3, 0.4) is 0 Å². The molecule has 0 saturated carbocycles. The van der Waals surface area contributed by atoms with Crippen LogP contribution >= 0.6 is 0 Å². The summed E-state index contributed by atoms with van der Waals surface area (Å²) in [6.45, 7) is 2.55. The number of benzene rings is 1. The molecule has 6 nitrogen and oxygen atoms in total. The molecule has 3 rings (SSSR count). The van der Waals surface area contributed by atoms with Crippen LogP contribution < -0.4 is 10.6 Å². The number of nitrogens with one attached hydrogen (secondary N) is 2. The van der Waals surface area contributed by atoms with Gasteiger partial charge in [0.25, 0.3) is 0 Å².